The van der Waals surface area contributed by atoms with Crippen molar-refractivity contribution in [3.05, 3.63) is 48.0 Å². The number of aliphatic hydroxyl groups is 1. The molecule has 0 unspecified atom stereocenters. The molecule has 0 bridgehead atoms. The summed E-state index contributed by atoms with van der Waals surface area (Å²) in [7, 11) is 0. The highest BCUT2D eigenvalue weighted by atomic mass is 16.8. The summed E-state index contributed by atoms with van der Waals surface area (Å²) in [6.45, 7) is 6.47. The normalized spacial score (nSPS) is 26.3. The van der Waals surface area contributed by atoms with Gasteiger partial charge in [0.15, 0.2) is 5.79 Å². The van der Waals surface area contributed by atoms with Gasteiger partial charge in [-0.1, -0.05) is 42.5 Å². The molecule has 0 aliphatic carbocycles. The Hall–Kier alpha value is -1.20. The van der Waals surface area contributed by atoms with E-state index in [4.69, 9.17) is 14.2 Å². The van der Waals surface area contributed by atoms with E-state index in [0.29, 0.717) is 13.2 Å². The van der Waals surface area contributed by atoms with E-state index in [2.05, 4.69) is 0 Å². The van der Waals surface area contributed by atoms with Gasteiger partial charge < -0.3 is 19.3 Å². The zero-order valence-electron chi connectivity index (χ0n) is 12.9. The van der Waals surface area contributed by atoms with Gasteiger partial charge in [-0.25, -0.2) is 0 Å². The quantitative estimate of drug-likeness (QED) is 0.819. The fourth-order valence-corrected chi connectivity index (χ4v) is 2.29. The maximum atomic E-state index is 9.34. The minimum absolute atomic E-state index is 0.168. The Kier molecular flexibility index (Phi) is 5.53. The highest BCUT2D eigenvalue weighted by Crippen LogP contribution is 2.29. The molecule has 0 radical (unpaired) electrons. The molecular formula is C17H24O4. The molecule has 1 aromatic carbocycles. The monoisotopic (exact) mass is 292 g/mol. The van der Waals surface area contributed by atoms with Gasteiger partial charge in [0, 0.05) is 0 Å². The van der Waals surface area contributed by atoms with Crippen LogP contribution in [-0.2, 0) is 20.8 Å². The van der Waals surface area contributed by atoms with Crippen molar-refractivity contribution in [2.75, 3.05) is 6.61 Å². The third-order valence-corrected chi connectivity index (χ3v) is 3.19. The standard InChI is InChI=1S/C17H24O4/c1-13(18)9-10-15-16(21-17(2,3)20-15)12-19-11-14-7-5-4-6-8-14/h4-10,13,15-16,18H,11-12H2,1-3H3/b10-9-/t13-,15+,16+/m1/s1. The molecular weight excluding hydrogens is 268 g/mol. The van der Waals surface area contributed by atoms with Crippen molar-refractivity contribution in [3.63, 3.8) is 0 Å². The predicted octanol–water partition coefficient (Wildman–Crippen LogP) is 2.66. The zero-order valence-corrected chi connectivity index (χ0v) is 12.9. The van der Waals surface area contributed by atoms with Crippen molar-refractivity contribution >= 4 is 0 Å². The highest BCUT2D eigenvalue weighted by molar-refractivity contribution is 5.13. The largest absolute Gasteiger partial charge is 0.389 e. The Morgan fingerprint density at radius 3 is 2.67 bits per heavy atom. The topological polar surface area (TPSA) is 47.9 Å². The molecule has 1 N–H and O–H groups in total. The molecule has 0 spiro atoms. The molecule has 1 aliphatic rings. The van der Waals surface area contributed by atoms with Crippen molar-refractivity contribution in [1.29, 1.82) is 0 Å². The van der Waals surface area contributed by atoms with Crippen molar-refractivity contribution in [1.82, 2.24) is 0 Å². The molecule has 21 heavy (non-hydrogen) atoms. The molecule has 1 heterocycles. The summed E-state index contributed by atoms with van der Waals surface area (Å²) in [5.41, 5.74) is 1.13. The molecule has 0 aromatic heterocycles. The molecule has 116 valence electrons. The first-order valence-electron chi connectivity index (χ1n) is 7.30. The third-order valence-electron chi connectivity index (χ3n) is 3.19. The molecule has 2 rings (SSSR count). The second kappa shape index (κ2) is 7.18. The molecule has 0 amide bonds. The molecule has 4 heteroatoms. The van der Waals surface area contributed by atoms with Crippen LogP contribution in [0.15, 0.2) is 42.5 Å². The fraction of sp³-hybridized carbons (Fsp3) is 0.529. The van der Waals surface area contributed by atoms with Gasteiger partial charge in [-0.2, -0.15) is 0 Å². The van der Waals surface area contributed by atoms with Gasteiger partial charge in [0.2, 0.25) is 0 Å². The number of aliphatic hydroxyl groups excluding tert-OH is 1. The van der Waals surface area contributed by atoms with E-state index in [-0.39, 0.29) is 12.2 Å². The number of hydrogen-bond acceptors (Lipinski definition) is 4. The first kappa shape index (κ1) is 16.2. The van der Waals surface area contributed by atoms with E-state index in [9.17, 15) is 5.11 Å². The van der Waals surface area contributed by atoms with Gasteiger partial charge >= 0.3 is 0 Å². The lowest BCUT2D eigenvalue weighted by atomic mass is 10.2. The van der Waals surface area contributed by atoms with Crippen LogP contribution in [0.5, 0.6) is 0 Å². The lowest BCUT2D eigenvalue weighted by Crippen LogP contribution is -2.26. The molecule has 1 aliphatic heterocycles. The lowest BCUT2D eigenvalue weighted by Gasteiger charge is -2.16. The third kappa shape index (κ3) is 5.25. The predicted molar refractivity (Wildman–Crippen MR) is 80.7 cm³/mol. The van der Waals surface area contributed by atoms with Crippen LogP contribution in [0.4, 0.5) is 0 Å². The van der Waals surface area contributed by atoms with Crippen molar-refractivity contribution in [2.24, 2.45) is 0 Å². The highest BCUT2D eigenvalue weighted by Gasteiger charge is 2.39. The summed E-state index contributed by atoms with van der Waals surface area (Å²) in [6, 6.07) is 10.0. The van der Waals surface area contributed by atoms with E-state index >= 15 is 0 Å². The van der Waals surface area contributed by atoms with Gasteiger partial charge in [0.1, 0.15) is 12.2 Å². The summed E-state index contributed by atoms with van der Waals surface area (Å²) < 4.78 is 17.4. The summed E-state index contributed by atoms with van der Waals surface area (Å²) in [5.74, 6) is -0.630. The van der Waals surface area contributed by atoms with Gasteiger partial charge in [-0.05, 0) is 26.3 Å². The SMILES string of the molecule is C[C@@H](O)/C=C\[C@@H]1OC(C)(C)O[C@H]1COCc1ccccc1. The summed E-state index contributed by atoms with van der Waals surface area (Å²) in [4.78, 5) is 0. The Morgan fingerprint density at radius 2 is 2.00 bits per heavy atom. The second-order valence-electron chi connectivity index (χ2n) is 5.76. The molecule has 1 saturated heterocycles. The van der Waals surface area contributed by atoms with Gasteiger partial charge in [-0.15, -0.1) is 0 Å². The summed E-state index contributed by atoms with van der Waals surface area (Å²) >= 11 is 0. The van der Waals surface area contributed by atoms with Crippen molar-refractivity contribution in [3.8, 4) is 0 Å². The second-order valence-corrected chi connectivity index (χ2v) is 5.76. The van der Waals surface area contributed by atoms with Crippen LogP contribution in [0, 0.1) is 0 Å². The summed E-state index contributed by atoms with van der Waals surface area (Å²) in [5, 5.41) is 9.34. The van der Waals surface area contributed by atoms with Crippen LogP contribution in [0.1, 0.15) is 26.3 Å². The fourth-order valence-electron chi connectivity index (χ4n) is 2.29. The molecule has 4 nitrogen and oxygen atoms in total. The van der Waals surface area contributed by atoms with E-state index in [1.807, 2.05) is 50.3 Å². The van der Waals surface area contributed by atoms with Crippen molar-refractivity contribution in [2.45, 2.75) is 51.5 Å². The Labute approximate surface area is 126 Å². The first-order valence-corrected chi connectivity index (χ1v) is 7.30. The smallest absolute Gasteiger partial charge is 0.164 e. The van der Waals surface area contributed by atoms with Crippen LogP contribution in [0.25, 0.3) is 0 Å². The maximum Gasteiger partial charge on any atom is 0.164 e. The van der Waals surface area contributed by atoms with Gasteiger partial charge in [0.25, 0.3) is 0 Å². The number of hydrogen-bond donors (Lipinski definition) is 1. The van der Waals surface area contributed by atoms with E-state index in [1.54, 1.807) is 13.0 Å². The van der Waals surface area contributed by atoms with Crippen molar-refractivity contribution < 1.29 is 19.3 Å². The van der Waals surface area contributed by atoms with E-state index in [1.165, 1.54) is 0 Å². The summed E-state index contributed by atoms with van der Waals surface area (Å²) in [6.07, 6.45) is 2.68. The Bertz CT molecular complexity index is 453. The van der Waals surface area contributed by atoms with E-state index in [0.717, 1.165) is 5.56 Å². The molecule has 1 aromatic rings. The van der Waals surface area contributed by atoms with Gasteiger partial charge in [0.05, 0.1) is 19.3 Å². The average Bonchev–Trinajstić information content (AvgIpc) is 2.72. The maximum absolute atomic E-state index is 9.34. The molecule has 0 saturated carbocycles. The Balaban J connectivity index is 1.87. The first-order chi connectivity index (χ1) is 9.96. The van der Waals surface area contributed by atoms with Crippen LogP contribution < -0.4 is 0 Å². The zero-order chi connectivity index (χ0) is 15.3. The van der Waals surface area contributed by atoms with Crippen LogP contribution >= 0.6 is 0 Å². The van der Waals surface area contributed by atoms with E-state index < -0.39 is 11.9 Å². The van der Waals surface area contributed by atoms with Crippen LogP contribution in [0.2, 0.25) is 0 Å². The van der Waals surface area contributed by atoms with Crippen LogP contribution in [0.3, 0.4) is 0 Å². The molecule has 1 fully saturated rings. The minimum Gasteiger partial charge on any atom is -0.389 e. The number of ether oxygens (including phenoxy) is 3. The average molecular weight is 292 g/mol. The number of rotatable bonds is 6. The minimum atomic E-state index is -0.630. The lowest BCUT2D eigenvalue weighted by molar-refractivity contribution is -0.148. The van der Waals surface area contributed by atoms with Gasteiger partial charge in [-0.3, -0.25) is 0 Å². The number of benzene rings is 1. The Morgan fingerprint density at radius 1 is 1.29 bits per heavy atom. The van der Waals surface area contributed by atoms with Crippen LogP contribution in [-0.4, -0.2) is 35.8 Å². The molecule has 3 atom stereocenters.